The van der Waals surface area contributed by atoms with Crippen LogP contribution in [-0.4, -0.2) is 26.1 Å². The van der Waals surface area contributed by atoms with Crippen LogP contribution in [0.2, 0.25) is 9.50 Å². The number of rotatable bonds is 6. The predicted octanol–water partition coefficient (Wildman–Crippen LogP) is 5.51. The molecule has 0 radical (unpaired) electrons. The van der Waals surface area contributed by atoms with Crippen molar-refractivity contribution in [2.24, 2.45) is 5.41 Å². The standard InChI is InChI=1S/C16H36GeO2/c1-13(2)18-17(16(8,9)10,19-14(3)4)12-11-15(5,6)7/h13-14H,11-12H2,1-10H3. The Balaban J connectivity index is 5.24. The fourth-order valence-corrected chi connectivity index (χ4v) is 11.3. The average molecular weight is 333 g/mol. The molecule has 2 nitrogen and oxygen atoms in total. The predicted molar refractivity (Wildman–Crippen MR) is 86.8 cm³/mol. The van der Waals surface area contributed by atoms with Crippen molar-refractivity contribution in [3.8, 4) is 0 Å². The van der Waals surface area contributed by atoms with Crippen LogP contribution in [0.15, 0.2) is 0 Å². The van der Waals surface area contributed by atoms with E-state index in [4.69, 9.17) is 7.53 Å². The zero-order valence-electron chi connectivity index (χ0n) is 14.9. The molecule has 0 aliphatic heterocycles. The SMILES string of the molecule is CC(C)[O][Ge]([CH2]CC(C)(C)C)([O]C(C)C)[C](C)(C)C. The Morgan fingerprint density at radius 3 is 1.37 bits per heavy atom. The number of hydrogen-bond donors (Lipinski definition) is 0. The summed E-state index contributed by atoms with van der Waals surface area (Å²) in [7, 11) is 0. The van der Waals surface area contributed by atoms with Crippen LogP contribution in [-0.2, 0) is 7.53 Å². The van der Waals surface area contributed by atoms with E-state index in [0.717, 1.165) is 5.25 Å². The second kappa shape index (κ2) is 6.95. The van der Waals surface area contributed by atoms with Gasteiger partial charge in [-0.2, -0.15) is 0 Å². The van der Waals surface area contributed by atoms with Crippen molar-refractivity contribution in [3.05, 3.63) is 0 Å². The Kier molecular flexibility index (Phi) is 7.12. The Hall–Kier alpha value is 0.463. The van der Waals surface area contributed by atoms with Crippen molar-refractivity contribution in [1.29, 1.82) is 0 Å². The molecule has 0 bridgehead atoms. The quantitative estimate of drug-likeness (QED) is 0.596. The minimum absolute atomic E-state index is 0.139. The fourth-order valence-electron chi connectivity index (χ4n) is 2.18. The van der Waals surface area contributed by atoms with Crippen molar-refractivity contribution < 1.29 is 7.53 Å². The molecule has 0 amide bonds. The van der Waals surface area contributed by atoms with Crippen LogP contribution in [0.25, 0.3) is 0 Å². The third kappa shape index (κ3) is 7.15. The van der Waals surface area contributed by atoms with E-state index in [9.17, 15) is 0 Å². The van der Waals surface area contributed by atoms with Crippen LogP contribution in [0.3, 0.4) is 0 Å². The average Bonchev–Trinajstić information content (AvgIpc) is 2.09. The van der Waals surface area contributed by atoms with E-state index in [1.165, 1.54) is 6.42 Å². The molecule has 0 spiro atoms. The van der Waals surface area contributed by atoms with E-state index in [1.54, 1.807) is 0 Å². The van der Waals surface area contributed by atoms with Crippen molar-refractivity contribution in [2.75, 3.05) is 0 Å². The van der Waals surface area contributed by atoms with Crippen molar-refractivity contribution in [1.82, 2.24) is 0 Å². The second-order valence-corrected chi connectivity index (χ2v) is 16.7. The van der Waals surface area contributed by atoms with Crippen molar-refractivity contribution >= 4 is 13.9 Å². The summed E-state index contributed by atoms with van der Waals surface area (Å²) in [5.74, 6) is 0. The molecule has 0 aromatic heterocycles. The molecule has 0 aliphatic rings. The maximum atomic E-state index is 6.47. The molecule has 0 N–H and O–H groups in total. The third-order valence-electron chi connectivity index (χ3n) is 3.20. The molecule has 0 fully saturated rings. The Morgan fingerprint density at radius 2 is 1.16 bits per heavy atom. The van der Waals surface area contributed by atoms with E-state index in [2.05, 4.69) is 69.2 Å². The molecule has 0 atom stereocenters. The van der Waals surface area contributed by atoms with Gasteiger partial charge in [0.05, 0.1) is 0 Å². The minimum atomic E-state index is -2.84. The summed E-state index contributed by atoms with van der Waals surface area (Å²) < 4.78 is 13.1. The first-order valence-corrected chi connectivity index (χ1v) is 11.9. The van der Waals surface area contributed by atoms with E-state index in [-0.39, 0.29) is 16.5 Å². The molecule has 0 rings (SSSR count). The van der Waals surface area contributed by atoms with Gasteiger partial charge in [-0.1, -0.05) is 0 Å². The summed E-state index contributed by atoms with van der Waals surface area (Å²) in [5, 5.41) is 1.11. The Morgan fingerprint density at radius 1 is 0.789 bits per heavy atom. The van der Waals surface area contributed by atoms with E-state index < -0.39 is 13.9 Å². The summed E-state index contributed by atoms with van der Waals surface area (Å²) >= 11 is -2.84. The van der Waals surface area contributed by atoms with Gasteiger partial charge in [-0.25, -0.2) is 0 Å². The van der Waals surface area contributed by atoms with Gasteiger partial charge in [-0.3, -0.25) is 0 Å². The monoisotopic (exact) mass is 334 g/mol. The molecule has 3 heteroatoms. The summed E-state index contributed by atoms with van der Waals surface area (Å²) in [6, 6.07) is 0. The molecule has 116 valence electrons. The van der Waals surface area contributed by atoms with Crippen LogP contribution < -0.4 is 0 Å². The van der Waals surface area contributed by atoms with Crippen LogP contribution in [0.5, 0.6) is 0 Å². The second-order valence-electron chi connectivity index (χ2n) is 8.40. The van der Waals surface area contributed by atoms with Crippen molar-refractivity contribution in [3.63, 3.8) is 0 Å². The zero-order chi connectivity index (χ0) is 15.5. The van der Waals surface area contributed by atoms with Gasteiger partial charge < -0.3 is 0 Å². The van der Waals surface area contributed by atoms with E-state index in [1.807, 2.05) is 0 Å². The molecule has 0 aromatic rings. The maximum absolute atomic E-state index is 6.47. The van der Waals surface area contributed by atoms with Gasteiger partial charge in [-0.05, 0) is 0 Å². The normalized spacial score (nSPS) is 14.5. The fraction of sp³-hybridized carbons (Fsp3) is 1.00. The van der Waals surface area contributed by atoms with Crippen LogP contribution in [0.1, 0.15) is 75.7 Å². The topological polar surface area (TPSA) is 18.5 Å². The van der Waals surface area contributed by atoms with Crippen molar-refractivity contribution in [2.45, 2.75) is 97.4 Å². The van der Waals surface area contributed by atoms with Gasteiger partial charge in [0, 0.05) is 0 Å². The summed E-state index contributed by atoms with van der Waals surface area (Å²) in [5.41, 5.74) is 0.336. The van der Waals surface area contributed by atoms with Gasteiger partial charge in [-0.15, -0.1) is 0 Å². The molecule has 19 heavy (non-hydrogen) atoms. The molecule has 0 heterocycles. The molecular weight excluding hydrogens is 297 g/mol. The van der Waals surface area contributed by atoms with Gasteiger partial charge in [0.1, 0.15) is 0 Å². The Labute approximate surface area is 124 Å². The first-order chi connectivity index (χ1) is 8.29. The first-order valence-electron chi connectivity index (χ1n) is 7.65. The molecular formula is C16H36GeO2. The van der Waals surface area contributed by atoms with Crippen LogP contribution >= 0.6 is 0 Å². The first kappa shape index (κ1) is 19.5. The van der Waals surface area contributed by atoms with Gasteiger partial charge >= 0.3 is 124 Å². The van der Waals surface area contributed by atoms with Crippen LogP contribution in [0.4, 0.5) is 0 Å². The van der Waals surface area contributed by atoms with E-state index in [0.29, 0.717) is 5.41 Å². The number of hydrogen-bond acceptors (Lipinski definition) is 2. The van der Waals surface area contributed by atoms with Gasteiger partial charge in [0.15, 0.2) is 0 Å². The summed E-state index contributed by atoms with van der Waals surface area (Å²) in [4.78, 5) is 0. The Bertz CT molecular complexity index is 249. The third-order valence-corrected chi connectivity index (χ3v) is 13.5. The molecule has 0 aliphatic carbocycles. The van der Waals surface area contributed by atoms with Gasteiger partial charge in [0.25, 0.3) is 0 Å². The molecule has 0 unspecified atom stereocenters. The molecule has 0 saturated carbocycles. The molecule has 0 aromatic carbocycles. The molecule has 0 saturated heterocycles. The summed E-state index contributed by atoms with van der Waals surface area (Å²) in [6.07, 6.45) is 1.67. The zero-order valence-corrected chi connectivity index (χ0v) is 17.0. The van der Waals surface area contributed by atoms with Gasteiger partial charge in [0.2, 0.25) is 0 Å². The summed E-state index contributed by atoms with van der Waals surface area (Å²) in [6.45, 7) is 22.3. The van der Waals surface area contributed by atoms with E-state index >= 15 is 0 Å². The van der Waals surface area contributed by atoms with Crippen LogP contribution in [0, 0.1) is 5.41 Å².